The van der Waals surface area contributed by atoms with Crippen molar-refractivity contribution in [1.29, 1.82) is 0 Å². The van der Waals surface area contributed by atoms with E-state index in [1.54, 1.807) is 0 Å². The van der Waals surface area contributed by atoms with E-state index in [9.17, 15) is 0 Å². The molecule has 0 atom stereocenters. The molecule has 0 saturated heterocycles. The summed E-state index contributed by atoms with van der Waals surface area (Å²) in [6.45, 7) is 1.94. The van der Waals surface area contributed by atoms with Gasteiger partial charge >= 0.3 is 0 Å². The molecule has 2 heterocycles. The van der Waals surface area contributed by atoms with Crippen LogP contribution in [-0.2, 0) is 50.4 Å². The smallest absolute Gasteiger partial charge is 0.0383 e. The van der Waals surface area contributed by atoms with E-state index in [2.05, 4.69) is 70.6 Å². The van der Waals surface area contributed by atoms with Crippen LogP contribution in [0.3, 0.4) is 0 Å². The Hall–Kier alpha value is -2.94. The van der Waals surface area contributed by atoms with Crippen LogP contribution in [0.25, 0.3) is 43.4 Å². The Morgan fingerprint density at radius 3 is 1.23 bits per heavy atom. The van der Waals surface area contributed by atoms with Crippen LogP contribution >= 0.6 is 0 Å². The number of carbonyl (C=O) groups is 2. The average molecular weight is 758 g/mol. The molecule has 2 aromatic heterocycles. The van der Waals surface area contributed by atoms with Crippen molar-refractivity contribution in [1.82, 2.24) is 9.97 Å². The third-order valence-corrected chi connectivity index (χ3v) is 4.81. The Labute approximate surface area is 272 Å². The Morgan fingerprint density at radius 1 is 0.575 bits per heavy atom. The first-order valence-corrected chi connectivity index (χ1v) is 11.0. The van der Waals surface area contributed by atoms with E-state index in [4.69, 9.17) is 19.8 Å². The summed E-state index contributed by atoms with van der Waals surface area (Å²) in [7, 11) is 0. The second-order valence-electron chi connectivity index (χ2n) is 7.53. The van der Waals surface area contributed by atoms with Gasteiger partial charge in [-0.3, -0.25) is 0 Å². The predicted octanol–water partition coefficient (Wildman–Crippen LogP) is -2.11. The van der Waals surface area contributed by atoms with Crippen LogP contribution < -0.4 is 35.0 Å². The predicted molar refractivity (Wildman–Crippen MR) is 138 cm³/mol. The van der Waals surface area contributed by atoms with Gasteiger partial charge in [0.2, 0.25) is 0 Å². The van der Waals surface area contributed by atoms with Crippen molar-refractivity contribution in [3.63, 3.8) is 0 Å². The standard InChI is InChI=1S/2C13H8N.2C2H4O2.2ClH.2Pd/c2*1-2-6-12-10(4-1)7-8-11-5-3-9-14-13(11)12;2*1-2(3)4;;;;/h2*1-5,7-9H;2*1H3,(H,3,4);2*1H;;/q2*-1;;;;;;/p-4. The zero-order chi connectivity index (χ0) is 25.9. The van der Waals surface area contributed by atoms with Gasteiger partial charge < -0.3 is 54.6 Å². The molecular formula is C30H22Cl2N2O4Pd2-6. The van der Waals surface area contributed by atoms with E-state index < -0.39 is 11.9 Å². The Balaban J connectivity index is 0. The quantitative estimate of drug-likeness (QED) is 0.1000. The van der Waals surface area contributed by atoms with Crippen LogP contribution in [0.2, 0.25) is 0 Å². The van der Waals surface area contributed by atoms with Crippen molar-refractivity contribution in [2.45, 2.75) is 13.8 Å². The van der Waals surface area contributed by atoms with Crippen LogP contribution in [0.4, 0.5) is 0 Å². The molecule has 6 aromatic rings. The van der Waals surface area contributed by atoms with E-state index >= 15 is 0 Å². The van der Waals surface area contributed by atoms with Crippen LogP contribution in [0.1, 0.15) is 13.8 Å². The van der Waals surface area contributed by atoms with E-state index in [-0.39, 0.29) is 65.7 Å². The molecule has 10 heteroatoms. The average Bonchev–Trinajstić information content (AvgIpc) is 2.88. The van der Waals surface area contributed by atoms with Crippen molar-refractivity contribution in [2.24, 2.45) is 0 Å². The molecule has 0 bridgehead atoms. The second-order valence-corrected chi connectivity index (χ2v) is 7.53. The zero-order valence-electron chi connectivity index (χ0n) is 21.2. The monoisotopic (exact) mass is 756 g/mol. The van der Waals surface area contributed by atoms with Crippen molar-refractivity contribution >= 4 is 55.3 Å². The van der Waals surface area contributed by atoms with Gasteiger partial charge in [-0.25, -0.2) is 0 Å². The Bertz CT molecular complexity index is 1410. The number of hydrogen-bond donors (Lipinski definition) is 0. The fourth-order valence-electron chi connectivity index (χ4n) is 3.47. The van der Waals surface area contributed by atoms with Gasteiger partial charge in [-0.1, -0.05) is 36.4 Å². The molecule has 0 amide bonds. The molecule has 0 fully saturated rings. The first-order valence-electron chi connectivity index (χ1n) is 11.0. The van der Waals surface area contributed by atoms with Crippen molar-refractivity contribution in [3.05, 3.63) is 109 Å². The third kappa shape index (κ3) is 11.7. The van der Waals surface area contributed by atoms with Crippen LogP contribution in [0, 0.1) is 12.1 Å². The molecule has 0 aliphatic heterocycles. The Morgan fingerprint density at radius 2 is 0.875 bits per heavy atom. The van der Waals surface area contributed by atoms with E-state index in [0.29, 0.717) is 0 Å². The molecule has 0 N–H and O–H groups in total. The third-order valence-electron chi connectivity index (χ3n) is 4.81. The van der Waals surface area contributed by atoms with Gasteiger partial charge in [0.15, 0.2) is 0 Å². The van der Waals surface area contributed by atoms with Gasteiger partial charge in [0.05, 0.1) is 0 Å². The number of halogens is 2. The summed E-state index contributed by atoms with van der Waals surface area (Å²) in [5.41, 5.74) is 2.07. The van der Waals surface area contributed by atoms with Gasteiger partial charge in [-0.2, -0.15) is 0 Å². The SMILES string of the molecule is CC(=O)[O-].CC(=O)[O-].[Cl-].[Cl-].[Pd].[Pd].[c-]1cccc2ccc3cccnc3c12.[c-]1cccc2ccc3cccnc3c12. The van der Waals surface area contributed by atoms with Gasteiger partial charge in [0.25, 0.3) is 0 Å². The molecule has 216 valence electrons. The molecule has 6 nitrogen and oxygen atoms in total. The number of benzene rings is 4. The largest absolute Gasteiger partial charge is 1.00 e. The van der Waals surface area contributed by atoms with Gasteiger partial charge in [-0.15, -0.1) is 70.1 Å². The number of carbonyl (C=O) groups excluding carboxylic acids is 2. The number of carboxylic acids is 2. The number of pyridine rings is 2. The van der Waals surface area contributed by atoms with E-state index in [0.717, 1.165) is 35.7 Å². The first kappa shape index (κ1) is 39.2. The second kappa shape index (κ2) is 20.0. The Kier molecular flexibility index (Phi) is 19.6. The first-order chi connectivity index (χ1) is 17.4. The molecule has 0 unspecified atom stereocenters. The molecule has 0 radical (unpaired) electrons. The number of aromatic nitrogens is 2. The minimum atomic E-state index is -1.08. The minimum absolute atomic E-state index is 0. The van der Waals surface area contributed by atoms with Gasteiger partial charge in [0, 0.05) is 65.2 Å². The molecule has 4 aromatic carbocycles. The maximum Gasteiger partial charge on any atom is 0.0383 e. The summed E-state index contributed by atoms with van der Waals surface area (Å²) in [5, 5.41) is 24.7. The van der Waals surface area contributed by atoms with Crippen LogP contribution in [0.5, 0.6) is 0 Å². The fraction of sp³-hybridized carbons (Fsp3) is 0.0667. The summed E-state index contributed by atoms with van der Waals surface area (Å²) in [4.78, 5) is 26.5. The molecule has 0 aliphatic carbocycles. The number of nitrogens with zero attached hydrogens (tertiary/aromatic N) is 2. The topological polar surface area (TPSA) is 106 Å². The summed E-state index contributed by atoms with van der Waals surface area (Å²) in [5.74, 6) is -2.17. The molecular weight excluding hydrogens is 736 g/mol. The maximum atomic E-state index is 8.89. The molecule has 6 rings (SSSR count). The summed E-state index contributed by atoms with van der Waals surface area (Å²) < 4.78 is 0. The van der Waals surface area contributed by atoms with E-state index in [1.807, 2.05) is 48.8 Å². The number of hydrogen-bond acceptors (Lipinski definition) is 6. The van der Waals surface area contributed by atoms with Crippen molar-refractivity contribution in [3.8, 4) is 0 Å². The molecule has 0 spiro atoms. The number of rotatable bonds is 0. The maximum absolute atomic E-state index is 8.89. The number of fused-ring (bicyclic) bond motifs is 6. The summed E-state index contributed by atoms with van der Waals surface area (Å²) >= 11 is 0. The normalized spacial score (nSPS) is 8.85. The van der Waals surface area contributed by atoms with Crippen LogP contribution in [0.15, 0.2) is 97.3 Å². The van der Waals surface area contributed by atoms with E-state index in [1.165, 1.54) is 21.5 Å². The van der Waals surface area contributed by atoms with Crippen molar-refractivity contribution < 1.29 is 85.5 Å². The number of carboxylic acid groups (broad SMARTS) is 2. The summed E-state index contributed by atoms with van der Waals surface area (Å²) in [6.07, 6.45) is 3.64. The molecule has 0 aliphatic rings. The van der Waals surface area contributed by atoms with Gasteiger partial charge in [0.1, 0.15) is 0 Å². The molecule has 40 heavy (non-hydrogen) atoms. The van der Waals surface area contributed by atoms with Crippen LogP contribution in [-0.4, -0.2) is 21.9 Å². The zero-order valence-corrected chi connectivity index (χ0v) is 25.8. The fourth-order valence-corrected chi connectivity index (χ4v) is 3.47. The van der Waals surface area contributed by atoms with Gasteiger partial charge in [-0.05, 0) is 47.8 Å². The van der Waals surface area contributed by atoms with Crippen molar-refractivity contribution in [2.75, 3.05) is 0 Å². The summed E-state index contributed by atoms with van der Waals surface area (Å²) in [6, 6.07) is 34.9. The number of aliphatic carboxylic acids is 2. The minimum Gasteiger partial charge on any atom is -1.00 e. The molecule has 0 saturated carbocycles.